The van der Waals surface area contributed by atoms with Crippen LogP contribution in [0.1, 0.15) is 49.7 Å². The minimum atomic E-state index is -1.64. The number of hydrogen-bond acceptors (Lipinski definition) is 6. The van der Waals surface area contributed by atoms with Gasteiger partial charge in [0.15, 0.2) is 11.0 Å². The number of pyridine rings is 1. The summed E-state index contributed by atoms with van der Waals surface area (Å²) in [6, 6.07) is 4.56. The third kappa shape index (κ3) is 4.26. The molecule has 0 unspecified atom stereocenters. The van der Waals surface area contributed by atoms with Gasteiger partial charge in [0.1, 0.15) is 5.41 Å². The minimum absolute atomic E-state index is 0.0236. The average Bonchev–Trinajstić information content (AvgIpc) is 3.41. The highest BCUT2D eigenvalue weighted by Crippen LogP contribution is 2.68. The SMILES string of the molecule is C[C@@H](O)[C@@H]1CC[C@@H](NC(=O)[C@@H]2NC3(CC(CF)(CF)C3)[C@@]3(C(=O)Nc4cc(Cl)ccc43)[C@H]2c2ccnc(Cl)c2F)CO1. The molecule has 4 aliphatic rings. The summed E-state index contributed by atoms with van der Waals surface area (Å²) in [5, 5.41) is 18.9. The van der Waals surface area contributed by atoms with Crippen molar-refractivity contribution in [2.75, 3.05) is 25.3 Å². The number of ether oxygens (including phenoxy) is 1. The fraction of sp³-hybridized carbons (Fsp3) is 0.552. The predicted molar refractivity (Wildman–Crippen MR) is 150 cm³/mol. The first-order chi connectivity index (χ1) is 20.0. The summed E-state index contributed by atoms with van der Waals surface area (Å²) in [7, 11) is 0. The van der Waals surface area contributed by atoms with Crippen LogP contribution in [0.15, 0.2) is 30.5 Å². The maximum Gasteiger partial charge on any atom is 0.238 e. The van der Waals surface area contributed by atoms with E-state index in [1.165, 1.54) is 12.3 Å². The lowest BCUT2D eigenvalue weighted by molar-refractivity contribution is -0.131. The Morgan fingerprint density at radius 2 is 1.98 bits per heavy atom. The minimum Gasteiger partial charge on any atom is -0.391 e. The van der Waals surface area contributed by atoms with Crippen LogP contribution >= 0.6 is 23.2 Å². The molecule has 13 heteroatoms. The van der Waals surface area contributed by atoms with Crippen LogP contribution in [-0.2, 0) is 19.7 Å². The summed E-state index contributed by atoms with van der Waals surface area (Å²) in [6.07, 6.45) is 1.10. The van der Waals surface area contributed by atoms with Crippen LogP contribution in [0, 0.1) is 11.2 Å². The zero-order chi connectivity index (χ0) is 30.0. The molecule has 2 spiro atoms. The van der Waals surface area contributed by atoms with Gasteiger partial charge >= 0.3 is 0 Å². The van der Waals surface area contributed by atoms with Gasteiger partial charge in [0.2, 0.25) is 11.8 Å². The van der Waals surface area contributed by atoms with E-state index in [2.05, 4.69) is 20.9 Å². The van der Waals surface area contributed by atoms with E-state index < -0.39 is 76.6 Å². The van der Waals surface area contributed by atoms with Crippen LogP contribution in [0.3, 0.4) is 0 Å². The molecule has 2 amide bonds. The van der Waals surface area contributed by atoms with Gasteiger partial charge in [-0.05, 0) is 61.9 Å². The van der Waals surface area contributed by atoms with Crippen LogP contribution in [0.25, 0.3) is 0 Å². The lowest BCUT2D eigenvalue weighted by Gasteiger charge is -2.59. The Labute approximate surface area is 250 Å². The van der Waals surface area contributed by atoms with E-state index in [4.69, 9.17) is 27.9 Å². The Balaban J connectivity index is 1.48. The Morgan fingerprint density at radius 3 is 2.62 bits per heavy atom. The first-order valence-electron chi connectivity index (χ1n) is 13.9. The number of alkyl halides is 2. The lowest BCUT2D eigenvalue weighted by atomic mass is 9.46. The van der Waals surface area contributed by atoms with Crippen LogP contribution < -0.4 is 16.0 Å². The standard InChI is InChI=1S/C29H31Cl2F3N4O4/c1-14(39)20-5-3-16(9-42-20)36-25(40)23-21(17-6-7-35-24(31)22(17)34)29(28(38-23)10-27(11-28,12-32)13-33)18-4-2-15(30)8-19(18)37-26(29)41/h2,4,6-8,14,16,20-21,23,38-39H,3,5,9-13H2,1H3,(H,36,40)(H,37,41)/t14-,16-,20+,21+,23-,29-/m1/s1. The van der Waals surface area contributed by atoms with Crippen molar-refractivity contribution in [1.82, 2.24) is 15.6 Å². The number of anilines is 1. The first-order valence-corrected chi connectivity index (χ1v) is 14.7. The van der Waals surface area contributed by atoms with Crippen molar-refractivity contribution in [3.8, 4) is 0 Å². The van der Waals surface area contributed by atoms with Crippen molar-refractivity contribution in [3.05, 3.63) is 57.6 Å². The third-order valence-corrected chi connectivity index (χ3v) is 10.1. The molecule has 4 heterocycles. The Bertz CT molecular complexity index is 1410. The lowest BCUT2D eigenvalue weighted by Crippen LogP contribution is -2.70. The number of halogens is 5. The topological polar surface area (TPSA) is 113 Å². The van der Waals surface area contributed by atoms with E-state index in [-0.39, 0.29) is 31.1 Å². The predicted octanol–water partition coefficient (Wildman–Crippen LogP) is 3.98. The van der Waals surface area contributed by atoms with Gasteiger partial charge in [-0.3, -0.25) is 23.7 Å². The molecular weight excluding hydrogens is 596 g/mol. The molecule has 6 atom stereocenters. The zero-order valence-corrected chi connectivity index (χ0v) is 24.2. The number of fused-ring (bicyclic) bond motifs is 3. The summed E-state index contributed by atoms with van der Waals surface area (Å²) < 4.78 is 50.1. The second-order valence-corrected chi connectivity index (χ2v) is 12.9. The number of amides is 2. The number of nitrogens with zero attached hydrogens (tertiary/aromatic N) is 1. The monoisotopic (exact) mass is 626 g/mol. The Morgan fingerprint density at radius 1 is 1.24 bits per heavy atom. The molecule has 42 heavy (non-hydrogen) atoms. The van der Waals surface area contributed by atoms with Crippen LogP contribution in [0.4, 0.5) is 18.9 Å². The summed E-state index contributed by atoms with van der Waals surface area (Å²) in [6.45, 7) is -0.133. The second-order valence-electron chi connectivity index (χ2n) is 12.2. The van der Waals surface area contributed by atoms with Crippen molar-refractivity contribution in [1.29, 1.82) is 0 Å². The van der Waals surface area contributed by atoms with Gasteiger partial charge in [-0.25, -0.2) is 9.37 Å². The van der Waals surface area contributed by atoms with Gasteiger partial charge in [0.25, 0.3) is 0 Å². The third-order valence-electron chi connectivity index (χ3n) is 9.61. The number of nitrogens with one attached hydrogen (secondary N) is 3. The van der Waals surface area contributed by atoms with Gasteiger partial charge < -0.3 is 20.5 Å². The van der Waals surface area contributed by atoms with E-state index in [1.54, 1.807) is 25.1 Å². The molecule has 1 aromatic heterocycles. The normalized spacial score (nSPS) is 31.5. The quantitative estimate of drug-likeness (QED) is 0.361. The van der Waals surface area contributed by atoms with Gasteiger partial charge in [-0.1, -0.05) is 29.3 Å². The van der Waals surface area contributed by atoms with Gasteiger partial charge in [-0.2, -0.15) is 0 Å². The van der Waals surface area contributed by atoms with Gasteiger partial charge in [0, 0.05) is 33.8 Å². The van der Waals surface area contributed by atoms with Crippen molar-refractivity contribution in [2.24, 2.45) is 5.41 Å². The fourth-order valence-electron chi connectivity index (χ4n) is 7.83. The number of rotatable bonds is 6. The molecular formula is C29H31Cl2F3N4O4. The maximum atomic E-state index is 15.9. The second kappa shape index (κ2) is 10.6. The number of benzene rings is 1. The molecule has 0 radical (unpaired) electrons. The van der Waals surface area contributed by atoms with E-state index >= 15 is 4.39 Å². The van der Waals surface area contributed by atoms with E-state index in [0.717, 1.165) is 0 Å². The van der Waals surface area contributed by atoms with Crippen molar-refractivity contribution >= 4 is 40.7 Å². The molecule has 0 bridgehead atoms. The van der Waals surface area contributed by atoms with Crippen molar-refractivity contribution in [2.45, 2.75) is 73.8 Å². The van der Waals surface area contributed by atoms with Gasteiger partial charge in [-0.15, -0.1) is 0 Å². The van der Waals surface area contributed by atoms with Gasteiger partial charge in [0.05, 0.1) is 44.2 Å². The molecule has 3 fully saturated rings. The molecule has 3 aliphatic heterocycles. The van der Waals surface area contributed by atoms with E-state index in [9.17, 15) is 23.5 Å². The average molecular weight is 627 g/mol. The number of aromatic nitrogens is 1. The first kappa shape index (κ1) is 29.6. The highest BCUT2D eigenvalue weighted by atomic mass is 35.5. The highest BCUT2D eigenvalue weighted by Gasteiger charge is 2.78. The van der Waals surface area contributed by atoms with Crippen LogP contribution in [0.5, 0.6) is 0 Å². The maximum absolute atomic E-state index is 15.9. The molecule has 2 aromatic rings. The fourth-order valence-corrected chi connectivity index (χ4v) is 8.16. The summed E-state index contributed by atoms with van der Waals surface area (Å²) >= 11 is 12.4. The summed E-state index contributed by atoms with van der Waals surface area (Å²) in [4.78, 5) is 32.2. The molecule has 6 rings (SSSR count). The Kier molecular flexibility index (Phi) is 7.49. The smallest absolute Gasteiger partial charge is 0.238 e. The Hall–Kier alpha value is -2.44. The molecule has 226 valence electrons. The number of aliphatic hydroxyl groups is 1. The summed E-state index contributed by atoms with van der Waals surface area (Å²) in [5.74, 6) is -3.13. The number of carbonyl (C=O) groups excluding carboxylic acids is 2. The van der Waals surface area contributed by atoms with Crippen LogP contribution in [0.2, 0.25) is 10.2 Å². The highest BCUT2D eigenvalue weighted by molar-refractivity contribution is 6.31. The number of carbonyl (C=O) groups is 2. The number of hydrogen-bond donors (Lipinski definition) is 4. The van der Waals surface area contributed by atoms with Crippen molar-refractivity contribution < 1.29 is 32.6 Å². The molecule has 2 saturated heterocycles. The summed E-state index contributed by atoms with van der Waals surface area (Å²) in [5.41, 5.74) is -3.50. The molecule has 1 aromatic carbocycles. The van der Waals surface area contributed by atoms with Crippen LogP contribution in [-0.4, -0.2) is 71.7 Å². The van der Waals surface area contributed by atoms with E-state index in [1.807, 2.05) is 0 Å². The largest absolute Gasteiger partial charge is 0.391 e. The molecule has 1 saturated carbocycles. The number of aliphatic hydroxyl groups excluding tert-OH is 1. The molecule has 8 nitrogen and oxygen atoms in total. The zero-order valence-electron chi connectivity index (χ0n) is 22.7. The van der Waals surface area contributed by atoms with Crippen molar-refractivity contribution in [3.63, 3.8) is 0 Å². The van der Waals surface area contributed by atoms with E-state index in [0.29, 0.717) is 29.1 Å². The molecule has 1 aliphatic carbocycles. The molecule has 4 N–H and O–H groups in total.